The van der Waals surface area contributed by atoms with Gasteiger partial charge in [0, 0.05) is 6.26 Å². The molecule has 0 radical (unpaired) electrons. The number of aliphatic hydroxyl groups excluding tert-OH is 1. The molecule has 0 fully saturated rings. The molecule has 0 spiro atoms. The molecular formula is C10H15NO3S. The molecule has 0 heterocycles. The van der Waals surface area contributed by atoms with Crippen molar-refractivity contribution in [3.8, 4) is 0 Å². The molecule has 15 heavy (non-hydrogen) atoms. The van der Waals surface area contributed by atoms with Gasteiger partial charge in [0.1, 0.15) is 0 Å². The number of sulfone groups is 1. The first-order valence-electron chi connectivity index (χ1n) is 4.48. The minimum Gasteiger partial charge on any atom is -0.394 e. The van der Waals surface area contributed by atoms with Crippen molar-refractivity contribution in [3.05, 3.63) is 29.8 Å². The van der Waals surface area contributed by atoms with E-state index in [0.29, 0.717) is 5.56 Å². The van der Waals surface area contributed by atoms with Gasteiger partial charge in [-0.05, 0) is 24.6 Å². The normalized spacial score (nSPS) is 16.0. The molecule has 84 valence electrons. The summed E-state index contributed by atoms with van der Waals surface area (Å²) in [6, 6.07) is 6.31. The molecule has 1 atom stereocenters. The Bertz CT molecular complexity index is 451. The molecule has 1 unspecified atom stereocenters. The van der Waals surface area contributed by atoms with Gasteiger partial charge in [0.2, 0.25) is 0 Å². The van der Waals surface area contributed by atoms with Crippen LogP contribution >= 0.6 is 0 Å². The van der Waals surface area contributed by atoms with Gasteiger partial charge in [-0.3, -0.25) is 0 Å². The molecule has 0 aromatic heterocycles. The summed E-state index contributed by atoms with van der Waals surface area (Å²) in [4.78, 5) is 0.213. The molecule has 3 N–H and O–H groups in total. The van der Waals surface area contributed by atoms with Crippen LogP contribution in [-0.4, -0.2) is 26.4 Å². The summed E-state index contributed by atoms with van der Waals surface area (Å²) >= 11 is 0. The summed E-state index contributed by atoms with van der Waals surface area (Å²) in [7, 11) is -3.23. The van der Waals surface area contributed by atoms with Crippen molar-refractivity contribution in [2.45, 2.75) is 17.4 Å². The summed E-state index contributed by atoms with van der Waals surface area (Å²) in [5, 5.41) is 9.07. The van der Waals surface area contributed by atoms with E-state index in [1.54, 1.807) is 19.1 Å². The number of nitrogens with two attached hydrogens (primary N) is 1. The van der Waals surface area contributed by atoms with Gasteiger partial charge in [-0.25, -0.2) is 8.42 Å². The van der Waals surface area contributed by atoms with Crippen LogP contribution < -0.4 is 5.73 Å². The van der Waals surface area contributed by atoms with Crippen molar-refractivity contribution in [3.63, 3.8) is 0 Å². The standard InChI is InChI=1S/C10H15NO3S/c1-10(11,7-12)8-4-3-5-9(6-8)15(2,13)14/h3-6,12H,7,11H2,1-2H3. The maximum absolute atomic E-state index is 11.3. The van der Waals surface area contributed by atoms with Crippen molar-refractivity contribution in [2.75, 3.05) is 12.9 Å². The Balaban J connectivity index is 3.26. The molecule has 1 rings (SSSR count). The molecule has 0 amide bonds. The van der Waals surface area contributed by atoms with E-state index in [1.807, 2.05) is 0 Å². The van der Waals surface area contributed by atoms with Crippen molar-refractivity contribution in [1.29, 1.82) is 0 Å². The zero-order chi connectivity index (χ0) is 11.7. The molecule has 0 saturated carbocycles. The quantitative estimate of drug-likeness (QED) is 0.779. The Morgan fingerprint density at radius 2 is 2.07 bits per heavy atom. The highest BCUT2D eigenvalue weighted by Crippen LogP contribution is 2.20. The van der Waals surface area contributed by atoms with Gasteiger partial charge in [0.05, 0.1) is 17.0 Å². The second-order valence-corrected chi connectivity index (χ2v) is 5.89. The van der Waals surface area contributed by atoms with Crippen LogP contribution in [0.25, 0.3) is 0 Å². The van der Waals surface area contributed by atoms with Gasteiger partial charge in [-0.1, -0.05) is 12.1 Å². The second-order valence-electron chi connectivity index (χ2n) is 3.88. The Kier molecular flexibility index (Phi) is 3.18. The average molecular weight is 229 g/mol. The molecule has 0 aliphatic heterocycles. The third-order valence-corrected chi connectivity index (χ3v) is 3.36. The molecule has 5 heteroatoms. The molecule has 1 aromatic carbocycles. The first-order chi connectivity index (χ1) is 6.77. The van der Waals surface area contributed by atoms with E-state index in [9.17, 15) is 8.42 Å². The van der Waals surface area contributed by atoms with Gasteiger partial charge in [-0.2, -0.15) is 0 Å². The Morgan fingerprint density at radius 1 is 1.47 bits per heavy atom. The lowest BCUT2D eigenvalue weighted by Crippen LogP contribution is -2.37. The molecule has 0 aliphatic carbocycles. The average Bonchev–Trinajstić information content (AvgIpc) is 2.17. The Hall–Kier alpha value is -0.910. The summed E-state index contributed by atoms with van der Waals surface area (Å²) < 4.78 is 22.6. The van der Waals surface area contributed by atoms with E-state index >= 15 is 0 Å². The van der Waals surface area contributed by atoms with Crippen LogP contribution in [0.2, 0.25) is 0 Å². The highest BCUT2D eigenvalue weighted by molar-refractivity contribution is 7.90. The highest BCUT2D eigenvalue weighted by atomic mass is 32.2. The fraction of sp³-hybridized carbons (Fsp3) is 0.400. The number of benzene rings is 1. The van der Waals surface area contributed by atoms with Crippen LogP contribution in [-0.2, 0) is 15.4 Å². The van der Waals surface area contributed by atoms with Crippen molar-refractivity contribution in [2.24, 2.45) is 5.73 Å². The van der Waals surface area contributed by atoms with E-state index in [-0.39, 0.29) is 11.5 Å². The van der Waals surface area contributed by atoms with E-state index in [2.05, 4.69) is 0 Å². The van der Waals surface area contributed by atoms with Crippen LogP contribution in [0.15, 0.2) is 29.2 Å². The Morgan fingerprint density at radius 3 is 2.53 bits per heavy atom. The molecule has 0 saturated heterocycles. The summed E-state index contributed by atoms with van der Waals surface area (Å²) in [6.07, 6.45) is 1.14. The fourth-order valence-corrected chi connectivity index (χ4v) is 1.84. The number of aliphatic hydroxyl groups is 1. The minimum atomic E-state index is -3.23. The van der Waals surface area contributed by atoms with Gasteiger partial charge in [0.15, 0.2) is 9.84 Å². The van der Waals surface area contributed by atoms with Crippen molar-refractivity contribution in [1.82, 2.24) is 0 Å². The van der Waals surface area contributed by atoms with Crippen LogP contribution in [0.5, 0.6) is 0 Å². The zero-order valence-electron chi connectivity index (χ0n) is 8.77. The first kappa shape index (κ1) is 12.2. The van der Waals surface area contributed by atoms with E-state index in [1.165, 1.54) is 12.1 Å². The number of hydrogen-bond donors (Lipinski definition) is 2. The second kappa shape index (κ2) is 3.92. The smallest absolute Gasteiger partial charge is 0.175 e. The fourth-order valence-electron chi connectivity index (χ4n) is 1.17. The SMILES string of the molecule is CC(N)(CO)c1cccc(S(C)(=O)=O)c1. The molecule has 0 bridgehead atoms. The monoisotopic (exact) mass is 229 g/mol. The van der Waals surface area contributed by atoms with Gasteiger partial charge >= 0.3 is 0 Å². The van der Waals surface area contributed by atoms with Crippen molar-refractivity contribution >= 4 is 9.84 Å². The van der Waals surface area contributed by atoms with Gasteiger partial charge in [-0.15, -0.1) is 0 Å². The lowest BCUT2D eigenvalue weighted by molar-refractivity contribution is 0.210. The van der Waals surface area contributed by atoms with Crippen molar-refractivity contribution < 1.29 is 13.5 Å². The Labute approximate surface area is 89.7 Å². The third-order valence-electron chi connectivity index (χ3n) is 2.25. The molecular weight excluding hydrogens is 214 g/mol. The van der Waals surface area contributed by atoms with E-state index in [4.69, 9.17) is 10.8 Å². The van der Waals surface area contributed by atoms with Gasteiger partial charge < -0.3 is 10.8 Å². The maximum atomic E-state index is 11.3. The zero-order valence-corrected chi connectivity index (χ0v) is 9.58. The van der Waals surface area contributed by atoms with Crippen LogP contribution in [0.1, 0.15) is 12.5 Å². The first-order valence-corrected chi connectivity index (χ1v) is 6.37. The topological polar surface area (TPSA) is 80.4 Å². The lowest BCUT2D eigenvalue weighted by Gasteiger charge is -2.22. The number of rotatable bonds is 3. The summed E-state index contributed by atoms with van der Waals surface area (Å²) in [5.41, 5.74) is 5.49. The molecule has 4 nitrogen and oxygen atoms in total. The van der Waals surface area contributed by atoms with Crippen LogP contribution in [0, 0.1) is 0 Å². The minimum absolute atomic E-state index is 0.213. The predicted molar refractivity (Wildman–Crippen MR) is 58.2 cm³/mol. The number of hydrogen-bond acceptors (Lipinski definition) is 4. The summed E-state index contributed by atoms with van der Waals surface area (Å²) in [6.45, 7) is 1.41. The maximum Gasteiger partial charge on any atom is 0.175 e. The highest BCUT2D eigenvalue weighted by Gasteiger charge is 2.21. The summed E-state index contributed by atoms with van der Waals surface area (Å²) in [5.74, 6) is 0. The van der Waals surface area contributed by atoms with Crippen LogP contribution in [0.3, 0.4) is 0 Å². The molecule has 0 aliphatic rings. The van der Waals surface area contributed by atoms with E-state index in [0.717, 1.165) is 6.26 Å². The van der Waals surface area contributed by atoms with E-state index < -0.39 is 15.4 Å². The predicted octanol–water partition coefficient (Wildman–Crippen LogP) is 0.256. The van der Waals surface area contributed by atoms with Gasteiger partial charge in [0.25, 0.3) is 0 Å². The third kappa shape index (κ3) is 2.77. The lowest BCUT2D eigenvalue weighted by atomic mass is 9.94. The largest absolute Gasteiger partial charge is 0.394 e. The van der Waals surface area contributed by atoms with Crippen LogP contribution in [0.4, 0.5) is 0 Å². The molecule has 1 aromatic rings.